The Morgan fingerprint density at radius 1 is 1.28 bits per heavy atom. The number of carbonyl (C=O) groups excluding carboxylic acids is 2. The van der Waals surface area contributed by atoms with Crippen LogP contribution in [-0.4, -0.2) is 29.1 Å². The highest BCUT2D eigenvalue weighted by Crippen LogP contribution is 2.11. The molecule has 0 aliphatic heterocycles. The van der Waals surface area contributed by atoms with Crippen LogP contribution in [0.25, 0.3) is 0 Å². The molecule has 0 saturated heterocycles. The van der Waals surface area contributed by atoms with E-state index < -0.39 is 23.2 Å². The normalized spacial score (nSPS) is 10.9. The van der Waals surface area contributed by atoms with Crippen LogP contribution < -0.4 is 10.6 Å². The molecule has 0 spiro atoms. The van der Waals surface area contributed by atoms with Crippen molar-refractivity contribution in [3.63, 3.8) is 0 Å². The van der Waals surface area contributed by atoms with Crippen LogP contribution in [0.3, 0.4) is 0 Å². The van der Waals surface area contributed by atoms with E-state index in [1.165, 1.54) is 38.1 Å². The van der Waals surface area contributed by atoms with Gasteiger partial charge in [-0.25, -0.2) is 4.39 Å². The summed E-state index contributed by atoms with van der Waals surface area (Å²) in [5, 5.41) is 13.8. The number of amides is 2. The molecule has 0 unspecified atom stereocenters. The van der Waals surface area contributed by atoms with Crippen LogP contribution in [0.4, 0.5) is 10.1 Å². The van der Waals surface area contributed by atoms with Crippen molar-refractivity contribution in [2.45, 2.75) is 19.4 Å². The van der Waals surface area contributed by atoms with E-state index in [1.807, 2.05) is 0 Å². The van der Waals surface area contributed by atoms with Crippen LogP contribution in [0.2, 0.25) is 0 Å². The average Bonchev–Trinajstić information content (AvgIpc) is 2.28. The van der Waals surface area contributed by atoms with Crippen molar-refractivity contribution in [2.75, 3.05) is 11.9 Å². The first kappa shape index (κ1) is 14.1. The van der Waals surface area contributed by atoms with Crippen LogP contribution in [-0.2, 0) is 9.59 Å². The summed E-state index contributed by atoms with van der Waals surface area (Å²) in [4.78, 5) is 22.8. The van der Waals surface area contributed by atoms with Gasteiger partial charge in [0, 0.05) is 6.54 Å². The second kappa shape index (κ2) is 5.59. The lowest BCUT2D eigenvalue weighted by Gasteiger charge is -2.17. The first-order chi connectivity index (χ1) is 8.29. The zero-order chi connectivity index (χ0) is 13.8. The molecule has 0 saturated carbocycles. The van der Waals surface area contributed by atoms with E-state index in [4.69, 9.17) is 0 Å². The van der Waals surface area contributed by atoms with Crippen LogP contribution in [0.15, 0.2) is 24.3 Å². The zero-order valence-electron chi connectivity index (χ0n) is 10.2. The SMILES string of the molecule is CC(C)(O)CNC(=O)C(=O)Nc1ccccc1F. The van der Waals surface area contributed by atoms with Gasteiger partial charge in [-0.1, -0.05) is 12.1 Å². The van der Waals surface area contributed by atoms with E-state index in [1.54, 1.807) is 0 Å². The van der Waals surface area contributed by atoms with Gasteiger partial charge in [0.2, 0.25) is 0 Å². The van der Waals surface area contributed by atoms with E-state index in [2.05, 4.69) is 10.6 Å². The van der Waals surface area contributed by atoms with Crippen molar-refractivity contribution >= 4 is 17.5 Å². The molecule has 1 aromatic carbocycles. The minimum atomic E-state index is -1.12. The Morgan fingerprint density at radius 3 is 2.44 bits per heavy atom. The molecule has 1 rings (SSSR count). The highest BCUT2D eigenvalue weighted by molar-refractivity contribution is 6.39. The monoisotopic (exact) mass is 254 g/mol. The number of hydrogen-bond donors (Lipinski definition) is 3. The molecule has 0 atom stereocenters. The third kappa shape index (κ3) is 4.50. The van der Waals surface area contributed by atoms with Crippen LogP contribution in [0.1, 0.15) is 13.8 Å². The Hall–Kier alpha value is -1.95. The van der Waals surface area contributed by atoms with Gasteiger partial charge in [-0.15, -0.1) is 0 Å². The van der Waals surface area contributed by atoms with Crippen molar-refractivity contribution in [3.8, 4) is 0 Å². The molecular weight excluding hydrogens is 239 g/mol. The number of nitrogens with one attached hydrogen (secondary N) is 2. The lowest BCUT2D eigenvalue weighted by molar-refractivity contribution is -0.136. The maximum atomic E-state index is 13.2. The van der Waals surface area contributed by atoms with Gasteiger partial charge in [0.15, 0.2) is 0 Å². The summed E-state index contributed by atoms with van der Waals surface area (Å²) in [7, 11) is 0. The fourth-order valence-corrected chi connectivity index (χ4v) is 1.12. The maximum absolute atomic E-state index is 13.2. The summed E-state index contributed by atoms with van der Waals surface area (Å²) in [5.74, 6) is -2.54. The molecule has 0 aliphatic rings. The lowest BCUT2D eigenvalue weighted by Crippen LogP contribution is -2.43. The largest absolute Gasteiger partial charge is 0.389 e. The van der Waals surface area contributed by atoms with Crippen molar-refractivity contribution in [2.24, 2.45) is 0 Å². The first-order valence-corrected chi connectivity index (χ1v) is 5.36. The van der Waals surface area contributed by atoms with E-state index in [0.29, 0.717) is 0 Å². The number of hydrogen-bond acceptors (Lipinski definition) is 3. The Kier molecular flexibility index (Phi) is 4.38. The predicted octanol–water partition coefficient (Wildman–Crippen LogP) is 0.651. The summed E-state index contributed by atoms with van der Waals surface area (Å²) >= 11 is 0. The number of rotatable bonds is 3. The Bertz CT molecular complexity index is 455. The Morgan fingerprint density at radius 2 is 1.89 bits per heavy atom. The predicted molar refractivity (Wildman–Crippen MR) is 64.3 cm³/mol. The number of halogens is 1. The number of benzene rings is 1. The van der Waals surface area contributed by atoms with Gasteiger partial charge in [0.25, 0.3) is 0 Å². The van der Waals surface area contributed by atoms with E-state index in [0.717, 1.165) is 0 Å². The summed E-state index contributed by atoms with van der Waals surface area (Å²) in [5.41, 5.74) is -1.19. The third-order valence-corrected chi connectivity index (χ3v) is 2.01. The molecule has 0 bridgehead atoms. The fourth-order valence-electron chi connectivity index (χ4n) is 1.12. The molecule has 0 radical (unpaired) electrons. The minimum Gasteiger partial charge on any atom is -0.389 e. The highest BCUT2D eigenvalue weighted by atomic mass is 19.1. The second-order valence-electron chi connectivity index (χ2n) is 4.43. The van der Waals surface area contributed by atoms with E-state index >= 15 is 0 Å². The average molecular weight is 254 g/mol. The summed E-state index contributed by atoms with van der Waals surface area (Å²) in [6, 6.07) is 5.52. The van der Waals surface area contributed by atoms with Crippen molar-refractivity contribution in [3.05, 3.63) is 30.1 Å². The summed E-state index contributed by atoms with van der Waals surface area (Å²) in [6.45, 7) is 2.90. The zero-order valence-corrected chi connectivity index (χ0v) is 10.2. The molecule has 0 heterocycles. The number of anilines is 1. The Balaban J connectivity index is 2.56. The number of carbonyl (C=O) groups is 2. The fraction of sp³-hybridized carbons (Fsp3) is 0.333. The standard InChI is InChI=1S/C12H15FN2O3/c1-12(2,18)7-14-10(16)11(17)15-9-6-4-3-5-8(9)13/h3-6,18H,7H2,1-2H3,(H,14,16)(H,15,17). The number of aliphatic hydroxyl groups is 1. The minimum absolute atomic E-state index is 0.0686. The third-order valence-electron chi connectivity index (χ3n) is 2.01. The molecule has 0 aromatic heterocycles. The van der Waals surface area contributed by atoms with Crippen molar-refractivity contribution in [1.82, 2.24) is 5.32 Å². The maximum Gasteiger partial charge on any atom is 0.313 e. The van der Waals surface area contributed by atoms with Crippen molar-refractivity contribution < 1.29 is 19.1 Å². The molecular formula is C12H15FN2O3. The van der Waals surface area contributed by atoms with Crippen LogP contribution in [0, 0.1) is 5.82 Å². The number of para-hydroxylation sites is 1. The molecule has 5 nitrogen and oxygen atoms in total. The van der Waals surface area contributed by atoms with Gasteiger partial charge in [0.05, 0.1) is 11.3 Å². The van der Waals surface area contributed by atoms with Crippen LogP contribution in [0.5, 0.6) is 0 Å². The Labute approximate surface area is 104 Å². The molecule has 0 aliphatic carbocycles. The van der Waals surface area contributed by atoms with E-state index in [-0.39, 0.29) is 12.2 Å². The van der Waals surface area contributed by atoms with Gasteiger partial charge in [-0.3, -0.25) is 9.59 Å². The van der Waals surface area contributed by atoms with Gasteiger partial charge in [0.1, 0.15) is 5.82 Å². The second-order valence-corrected chi connectivity index (χ2v) is 4.43. The molecule has 18 heavy (non-hydrogen) atoms. The first-order valence-electron chi connectivity index (χ1n) is 5.36. The van der Waals surface area contributed by atoms with Crippen molar-refractivity contribution in [1.29, 1.82) is 0 Å². The smallest absolute Gasteiger partial charge is 0.313 e. The quantitative estimate of drug-likeness (QED) is 0.693. The molecule has 6 heteroatoms. The van der Waals surface area contributed by atoms with Crippen LogP contribution >= 0.6 is 0 Å². The van der Waals surface area contributed by atoms with E-state index in [9.17, 15) is 19.1 Å². The summed E-state index contributed by atoms with van der Waals surface area (Å²) < 4.78 is 13.2. The molecule has 1 aromatic rings. The highest BCUT2D eigenvalue weighted by Gasteiger charge is 2.19. The van der Waals surface area contributed by atoms with Gasteiger partial charge < -0.3 is 15.7 Å². The molecule has 2 amide bonds. The molecule has 0 fully saturated rings. The van der Waals surface area contributed by atoms with Gasteiger partial charge >= 0.3 is 11.8 Å². The lowest BCUT2D eigenvalue weighted by atomic mass is 10.1. The molecule has 98 valence electrons. The van der Waals surface area contributed by atoms with Gasteiger partial charge in [-0.2, -0.15) is 0 Å². The summed E-state index contributed by atoms with van der Waals surface area (Å²) in [6.07, 6.45) is 0. The van der Waals surface area contributed by atoms with Gasteiger partial charge in [-0.05, 0) is 26.0 Å². The topological polar surface area (TPSA) is 78.4 Å². The molecule has 3 N–H and O–H groups in total.